The molecule has 0 heterocycles. The van der Waals surface area contributed by atoms with Crippen LogP contribution in [0.5, 0.6) is 0 Å². The van der Waals surface area contributed by atoms with Gasteiger partial charge in [0.25, 0.3) is 0 Å². The third-order valence-corrected chi connectivity index (χ3v) is 5.15. The standard InChI is InChI=1S/C16H27NO4/c1-20-13-3-2-4-14(9-13)21-10-16(15(18)19,11-5-6-11)17-12-7-8-12/h11-14,17H,2-10H2,1H3,(H,18,19). The maximum atomic E-state index is 11.9. The molecular weight excluding hydrogens is 270 g/mol. The zero-order chi connectivity index (χ0) is 14.9. The van der Waals surface area contributed by atoms with Crippen LogP contribution >= 0.6 is 0 Å². The SMILES string of the molecule is COC1CCCC(OCC(NC2CC2)(C(=O)O)C2CC2)C1. The van der Waals surface area contributed by atoms with Gasteiger partial charge in [-0.15, -0.1) is 0 Å². The summed E-state index contributed by atoms with van der Waals surface area (Å²) in [5, 5.41) is 13.1. The predicted octanol–water partition coefficient (Wildman–Crippen LogP) is 1.95. The van der Waals surface area contributed by atoms with Crippen LogP contribution in [0.2, 0.25) is 0 Å². The summed E-state index contributed by atoms with van der Waals surface area (Å²) in [4.78, 5) is 11.9. The van der Waals surface area contributed by atoms with E-state index < -0.39 is 11.5 Å². The second kappa shape index (κ2) is 6.23. The van der Waals surface area contributed by atoms with Crippen LogP contribution in [0.25, 0.3) is 0 Å². The van der Waals surface area contributed by atoms with Crippen molar-refractivity contribution in [3.8, 4) is 0 Å². The summed E-state index contributed by atoms with van der Waals surface area (Å²) in [6.45, 7) is 0.296. The zero-order valence-corrected chi connectivity index (χ0v) is 12.8. The largest absolute Gasteiger partial charge is 0.480 e. The number of carbonyl (C=O) groups is 1. The third-order valence-electron chi connectivity index (χ3n) is 5.15. The Balaban J connectivity index is 1.59. The molecule has 0 bridgehead atoms. The smallest absolute Gasteiger partial charge is 0.326 e. The Morgan fingerprint density at radius 3 is 2.48 bits per heavy atom. The Labute approximate surface area is 126 Å². The van der Waals surface area contributed by atoms with E-state index >= 15 is 0 Å². The van der Waals surface area contributed by atoms with Gasteiger partial charge in [-0.1, -0.05) is 0 Å². The highest BCUT2D eigenvalue weighted by Crippen LogP contribution is 2.42. The van der Waals surface area contributed by atoms with E-state index in [-0.39, 0.29) is 18.1 Å². The van der Waals surface area contributed by atoms with E-state index in [4.69, 9.17) is 9.47 Å². The van der Waals surface area contributed by atoms with Crippen molar-refractivity contribution >= 4 is 5.97 Å². The van der Waals surface area contributed by atoms with Crippen LogP contribution in [0.15, 0.2) is 0 Å². The van der Waals surface area contributed by atoms with Crippen LogP contribution in [-0.2, 0) is 14.3 Å². The highest BCUT2D eigenvalue weighted by Gasteiger charge is 2.53. The molecule has 120 valence electrons. The predicted molar refractivity (Wildman–Crippen MR) is 78.3 cm³/mol. The van der Waals surface area contributed by atoms with Crippen LogP contribution in [0.4, 0.5) is 0 Å². The molecule has 3 atom stereocenters. The van der Waals surface area contributed by atoms with Gasteiger partial charge in [-0.25, -0.2) is 0 Å². The number of hydrogen-bond acceptors (Lipinski definition) is 4. The molecule has 3 fully saturated rings. The molecule has 5 nitrogen and oxygen atoms in total. The van der Waals surface area contributed by atoms with Gasteiger partial charge in [-0.2, -0.15) is 0 Å². The molecule has 0 aromatic rings. The van der Waals surface area contributed by atoms with E-state index in [0.717, 1.165) is 51.4 Å². The molecular formula is C16H27NO4. The Morgan fingerprint density at radius 2 is 1.90 bits per heavy atom. The van der Waals surface area contributed by atoms with Crippen molar-refractivity contribution in [2.45, 2.75) is 75.2 Å². The van der Waals surface area contributed by atoms with Gasteiger partial charge in [0.15, 0.2) is 0 Å². The van der Waals surface area contributed by atoms with Crippen LogP contribution in [0, 0.1) is 5.92 Å². The number of methoxy groups -OCH3 is 1. The lowest BCUT2D eigenvalue weighted by Crippen LogP contribution is -2.59. The summed E-state index contributed by atoms with van der Waals surface area (Å²) in [6.07, 6.45) is 8.69. The van der Waals surface area contributed by atoms with Crippen molar-refractivity contribution in [2.75, 3.05) is 13.7 Å². The lowest BCUT2D eigenvalue weighted by Gasteiger charge is -2.34. The molecule has 0 saturated heterocycles. The highest BCUT2D eigenvalue weighted by molar-refractivity contribution is 5.80. The lowest BCUT2D eigenvalue weighted by molar-refractivity contribution is -0.151. The first-order chi connectivity index (χ1) is 10.1. The minimum absolute atomic E-state index is 0.141. The summed E-state index contributed by atoms with van der Waals surface area (Å²) in [5.41, 5.74) is -0.860. The Kier molecular flexibility index (Phi) is 4.52. The average Bonchev–Trinajstić information content (AvgIpc) is 3.36. The zero-order valence-electron chi connectivity index (χ0n) is 12.8. The van der Waals surface area contributed by atoms with Gasteiger partial charge in [0.1, 0.15) is 5.54 Å². The number of hydrogen-bond donors (Lipinski definition) is 2. The molecule has 21 heavy (non-hydrogen) atoms. The van der Waals surface area contributed by atoms with Crippen molar-refractivity contribution in [2.24, 2.45) is 5.92 Å². The van der Waals surface area contributed by atoms with Crippen LogP contribution in [0.1, 0.15) is 51.4 Å². The van der Waals surface area contributed by atoms with Gasteiger partial charge < -0.3 is 14.6 Å². The van der Waals surface area contributed by atoms with Crippen molar-refractivity contribution in [1.82, 2.24) is 5.32 Å². The van der Waals surface area contributed by atoms with E-state index in [1.54, 1.807) is 7.11 Å². The third kappa shape index (κ3) is 3.58. The van der Waals surface area contributed by atoms with Crippen LogP contribution in [0.3, 0.4) is 0 Å². The van der Waals surface area contributed by atoms with Gasteiger partial charge in [0, 0.05) is 13.2 Å². The second-order valence-corrected chi connectivity index (χ2v) is 6.93. The molecule has 0 aromatic heterocycles. The fraction of sp³-hybridized carbons (Fsp3) is 0.938. The van der Waals surface area contributed by atoms with Gasteiger partial charge >= 0.3 is 5.97 Å². The van der Waals surface area contributed by atoms with Gasteiger partial charge in [-0.05, 0) is 57.3 Å². The van der Waals surface area contributed by atoms with E-state index in [1.165, 1.54) is 0 Å². The quantitative estimate of drug-likeness (QED) is 0.717. The summed E-state index contributed by atoms with van der Waals surface area (Å²) >= 11 is 0. The molecule has 3 aliphatic carbocycles. The Morgan fingerprint density at radius 1 is 1.19 bits per heavy atom. The summed E-state index contributed by atoms with van der Waals surface area (Å²) < 4.78 is 11.5. The molecule has 3 saturated carbocycles. The lowest BCUT2D eigenvalue weighted by atomic mass is 9.92. The summed E-state index contributed by atoms with van der Waals surface area (Å²) in [7, 11) is 1.74. The molecule has 2 N–H and O–H groups in total. The monoisotopic (exact) mass is 297 g/mol. The van der Waals surface area contributed by atoms with E-state index in [9.17, 15) is 9.90 Å². The van der Waals surface area contributed by atoms with Crippen LogP contribution < -0.4 is 5.32 Å². The fourth-order valence-corrected chi connectivity index (χ4v) is 3.46. The minimum Gasteiger partial charge on any atom is -0.480 e. The van der Waals surface area contributed by atoms with E-state index in [0.29, 0.717) is 12.6 Å². The Hall–Kier alpha value is -0.650. The first-order valence-electron chi connectivity index (χ1n) is 8.29. The number of rotatable bonds is 8. The molecule has 0 spiro atoms. The van der Waals surface area contributed by atoms with Crippen molar-refractivity contribution in [3.63, 3.8) is 0 Å². The molecule has 3 unspecified atom stereocenters. The second-order valence-electron chi connectivity index (χ2n) is 6.93. The average molecular weight is 297 g/mol. The maximum Gasteiger partial charge on any atom is 0.326 e. The summed E-state index contributed by atoms with van der Waals surface area (Å²) in [6, 6.07) is 0.378. The van der Waals surface area contributed by atoms with Crippen LogP contribution in [-0.4, -0.2) is 48.6 Å². The number of carboxylic acid groups (broad SMARTS) is 1. The molecule has 0 radical (unpaired) electrons. The summed E-state index contributed by atoms with van der Waals surface area (Å²) in [5.74, 6) is -0.506. The molecule has 0 aliphatic heterocycles. The molecule has 0 amide bonds. The van der Waals surface area contributed by atoms with E-state index in [2.05, 4.69) is 5.32 Å². The minimum atomic E-state index is -0.860. The van der Waals surface area contributed by atoms with Crippen molar-refractivity contribution < 1.29 is 19.4 Å². The number of ether oxygens (including phenoxy) is 2. The van der Waals surface area contributed by atoms with Crippen molar-refractivity contribution in [1.29, 1.82) is 0 Å². The van der Waals surface area contributed by atoms with Gasteiger partial charge in [0.2, 0.25) is 0 Å². The Bertz CT molecular complexity index is 380. The maximum absolute atomic E-state index is 11.9. The highest BCUT2D eigenvalue weighted by atomic mass is 16.5. The fourth-order valence-electron chi connectivity index (χ4n) is 3.46. The molecule has 3 rings (SSSR count). The normalized spacial score (nSPS) is 32.6. The number of carboxylic acids is 1. The molecule has 3 aliphatic rings. The first-order valence-corrected chi connectivity index (χ1v) is 8.29. The van der Waals surface area contributed by atoms with Gasteiger partial charge in [0.05, 0.1) is 18.8 Å². The number of nitrogens with one attached hydrogen (secondary N) is 1. The van der Waals surface area contributed by atoms with Crippen molar-refractivity contribution in [3.05, 3.63) is 0 Å². The molecule has 5 heteroatoms. The topological polar surface area (TPSA) is 67.8 Å². The number of aliphatic carboxylic acids is 1. The molecule has 0 aromatic carbocycles. The van der Waals surface area contributed by atoms with E-state index in [1.807, 2.05) is 0 Å². The first kappa shape index (κ1) is 15.3. The van der Waals surface area contributed by atoms with Gasteiger partial charge in [-0.3, -0.25) is 10.1 Å².